The van der Waals surface area contributed by atoms with Gasteiger partial charge >= 0.3 is 5.97 Å². The zero-order chi connectivity index (χ0) is 14.3. The number of hydrogen-bond donors (Lipinski definition) is 2. The van der Waals surface area contributed by atoms with Crippen LogP contribution < -0.4 is 5.32 Å². The van der Waals surface area contributed by atoms with E-state index in [1.54, 1.807) is 0 Å². The van der Waals surface area contributed by atoms with Gasteiger partial charge in [0.05, 0.1) is 6.54 Å². The maximum absolute atomic E-state index is 11.9. The van der Waals surface area contributed by atoms with Crippen molar-refractivity contribution in [1.29, 1.82) is 0 Å². The molecule has 2 N–H and O–H groups in total. The fraction of sp³-hybridized carbons (Fsp3) is 0.857. The van der Waals surface area contributed by atoms with Gasteiger partial charge in [-0.15, -0.1) is 0 Å². The fourth-order valence-electron chi connectivity index (χ4n) is 2.59. The number of rotatable bonds is 8. The third-order valence-electron chi connectivity index (χ3n) is 3.85. The van der Waals surface area contributed by atoms with E-state index in [4.69, 9.17) is 5.11 Å². The summed E-state index contributed by atoms with van der Waals surface area (Å²) in [7, 11) is 0. The molecular formula is C14H26N2O3. The van der Waals surface area contributed by atoms with Crippen molar-refractivity contribution >= 4 is 11.9 Å². The maximum Gasteiger partial charge on any atom is 0.303 e. The van der Waals surface area contributed by atoms with Crippen LogP contribution in [0.2, 0.25) is 0 Å². The van der Waals surface area contributed by atoms with Gasteiger partial charge in [0.2, 0.25) is 5.91 Å². The summed E-state index contributed by atoms with van der Waals surface area (Å²) in [6.07, 6.45) is 3.89. The summed E-state index contributed by atoms with van der Waals surface area (Å²) in [4.78, 5) is 24.5. The summed E-state index contributed by atoms with van der Waals surface area (Å²) < 4.78 is 0. The molecule has 1 saturated heterocycles. The number of nitrogens with zero attached hydrogens (tertiary/aromatic N) is 1. The Balaban J connectivity index is 2.24. The van der Waals surface area contributed by atoms with Gasteiger partial charge in [-0.05, 0) is 38.1 Å². The van der Waals surface area contributed by atoms with E-state index in [-0.39, 0.29) is 18.4 Å². The molecule has 0 saturated carbocycles. The first-order valence-electron chi connectivity index (χ1n) is 7.28. The number of amides is 1. The number of carboxylic acid groups (broad SMARTS) is 1. The predicted molar refractivity (Wildman–Crippen MR) is 73.9 cm³/mol. The second-order valence-electron chi connectivity index (χ2n) is 5.40. The maximum atomic E-state index is 11.9. The average molecular weight is 270 g/mol. The molecular weight excluding hydrogens is 244 g/mol. The van der Waals surface area contributed by atoms with E-state index >= 15 is 0 Å². The number of carboxylic acids is 1. The summed E-state index contributed by atoms with van der Waals surface area (Å²) >= 11 is 0. The molecule has 110 valence electrons. The van der Waals surface area contributed by atoms with E-state index in [1.807, 2.05) is 0 Å². The van der Waals surface area contributed by atoms with Crippen molar-refractivity contribution in [2.75, 3.05) is 19.6 Å². The highest BCUT2D eigenvalue weighted by atomic mass is 16.4. The number of aliphatic carboxylic acids is 1. The first-order valence-corrected chi connectivity index (χ1v) is 7.28. The number of nitrogens with one attached hydrogen (secondary N) is 1. The lowest BCUT2D eigenvalue weighted by Gasteiger charge is -2.19. The molecule has 1 unspecified atom stereocenters. The van der Waals surface area contributed by atoms with E-state index in [0.29, 0.717) is 12.5 Å². The molecule has 0 bridgehead atoms. The average Bonchev–Trinajstić information content (AvgIpc) is 2.81. The molecule has 5 heteroatoms. The van der Waals surface area contributed by atoms with Crippen molar-refractivity contribution in [3.8, 4) is 0 Å². The molecule has 0 aliphatic carbocycles. The van der Waals surface area contributed by atoms with Crippen molar-refractivity contribution in [2.45, 2.75) is 52.0 Å². The van der Waals surface area contributed by atoms with Gasteiger partial charge in [0.25, 0.3) is 0 Å². The first-order chi connectivity index (χ1) is 9.05. The molecule has 0 aromatic carbocycles. The minimum atomic E-state index is -0.732. The summed E-state index contributed by atoms with van der Waals surface area (Å²) in [5.74, 6) is -0.213. The van der Waals surface area contributed by atoms with Crippen LogP contribution in [-0.4, -0.2) is 47.6 Å². The minimum absolute atomic E-state index is 0.0904. The van der Waals surface area contributed by atoms with Gasteiger partial charge in [-0.2, -0.15) is 0 Å². The van der Waals surface area contributed by atoms with Crippen LogP contribution in [0.1, 0.15) is 46.0 Å². The number of likely N-dealkylation sites (tertiary alicyclic amines) is 1. The van der Waals surface area contributed by atoms with Gasteiger partial charge in [-0.1, -0.05) is 13.8 Å². The van der Waals surface area contributed by atoms with Gasteiger partial charge in [0.15, 0.2) is 0 Å². The second-order valence-corrected chi connectivity index (χ2v) is 5.40. The molecule has 1 aliphatic heterocycles. The van der Waals surface area contributed by atoms with E-state index in [0.717, 1.165) is 38.8 Å². The van der Waals surface area contributed by atoms with Crippen molar-refractivity contribution in [3.63, 3.8) is 0 Å². The molecule has 0 aromatic rings. The van der Waals surface area contributed by atoms with Crippen LogP contribution in [0.3, 0.4) is 0 Å². The molecule has 0 radical (unpaired) electrons. The molecule has 1 amide bonds. The lowest BCUT2D eigenvalue weighted by Crippen LogP contribution is -2.41. The largest absolute Gasteiger partial charge is 0.481 e. The van der Waals surface area contributed by atoms with E-state index < -0.39 is 5.97 Å². The molecule has 1 aliphatic rings. The molecule has 1 rings (SSSR count). The first kappa shape index (κ1) is 16.0. The highest BCUT2D eigenvalue weighted by Crippen LogP contribution is 2.20. The highest BCUT2D eigenvalue weighted by Gasteiger charge is 2.24. The van der Waals surface area contributed by atoms with Crippen molar-refractivity contribution in [3.05, 3.63) is 0 Å². The Morgan fingerprint density at radius 2 is 2.05 bits per heavy atom. The van der Waals surface area contributed by atoms with Crippen LogP contribution in [0.15, 0.2) is 0 Å². The van der Waals surface area contributed by atoms with Crippen LogP contribution in [0.4, 0.5) is 0 Å². The van der Waals surface area contributed by atoms with Crippen molar-refractivity contribution in [2.24, 2.45) is 5.92 Å². The molecule has 19 heavy (non-hydrogen) atoms. The van der Waals surface area contributed by atoms with Crippen LogP contribution in [0.5, 0.6) is 0 Å². The quantitative estimate of drug-likeness (QED) is 0.701. The Morgan fingerprint density at radius 3 is 2.63 bits per heavy atom. The van der Waals surface area contributed by atoms with Gasteiger partial charge < -0.3 is 10.4 Å². The number of hydrogen-bond acceptors (Lipinski definition) is 3. The third kappa shape index (κ3) is 6.05. The van der Waals surface area contributed by atoms with Crippen LogP contribution in [0.25, 0.3) is 0 Å². The summed E-state index contributed by atoms with van der Waals surface area (Å²) in [5.41, 5.74) is 0. The monoisotopic (exact) mass is 270 g/mol. The standard InChI is InChI=1S/C14H26N2O3/c1-3-12(4-2)15-13(17)10-16-8-7-11(9-16)5-6-14(18)19/h11-12H,3-10H2,1-2H3,(H,15,17)(H,18,19). The molecule has 1 fully saturated rings. The minimum Gasteiger partial charge on any atom is -0.481 e. The second kappa shape index (κ2) is 8.15. The highest BCUT2D eigenvalue weighted by molar-refractivity contribution is 5.78. The normalized spacial score (nSPS) is 19.8. The Labute approximate surface area is 115 Å². The van der Waals surface area contributed by atoms with Gasteiger partial charge in [-0.3, -0.25) is 14.5 Å². The number of carbonyl (C=O) groups is 2. The molecule has 1 atom stereocenters. The van der Waals surface area contributed by atoms with Gasteiger partial charge in [0.1, 0.15) is 0 Å². The predicted octanol–water partition coefficient (Wildman–Crippen LogP) is 1.48. The van der Waals surface area contributed by atoms with Crippen LogP contribution >= 0.6 is 0 Å². The Kier molecular flexibility index (Phi) is 6.84. The Bertz CT molecular complexity index is 303. The molecule has 1 heterocycles. The summed E-state index contributed by atoms with van der Waals surface area (Å²) in [5, 5.41) is 11.7. The summed E-state index contributed by atoms with van der Waals surface area (Å²) in [6.45, 7) is 6.35. The Morgan fingerprint density at radius 1 is 1.37 bits per heavy atom. The van der Waals surface area contributed by atoms with Gasteiger partial charge in [0, 0.05) is 19.0 Å². The van der Waals surface area contributed by atoms with E-state index in [1.165, 1.54) is 0 Å². The van der Waals surface area contributed by atoms with Gasteiger partial charge in [-0.25, -0.2) is 0 Å². The molecule has 5 nitrogen and oxygen atoms in total. The third-order valence-corrected chi connectivity index (χ3v) is 3.85. The molecule has 0 aromatic heterocycles. The zero-order valence-electron chi connectivity index (χ0n) is 12.0. The Hall–Kier alpha value is -1.10. The SMILES string of the molecule is CCC(CC)NC(=O)CN1CCC(CCC(=O)O)C1. The zero-order valence-corrected chi connectivity index (χ0v) is 12.0. The van der Waals surface area contributed by atoms with Crippen molar-refractivity contribution < 1.29 is 14.7 Å². The smallest absolute Gasteiger partial charge is 0.303 e. The van der Waals surface area contributed by atoms with E-state index in [2.05, 4.69) is 24.1 Å². The topological polar surface area (TPSA) is 69.6 Å². The lowest BCUT2D eigenvalue weighted by molar-refractivity contribution is -0.137. The van der Waals surface area contributed by atoms with E-state index in [9.17, 15) is 9.59 Å². The summed E-state index contributed by atoms with van der Waals surface area (Å²) in [6, 6.07) is 0.276. The van der Waals surface area contributed by atoms with Crippen molar-refractivity contribution in [1.82, 2.24) is 10.2 Å². The number of carbonyl (C=O) groups excluding carboxylic acids is 1. The van der Waals surface area contributed by atoms with Crippen LogP contribution in [0, 0.1) is 5.92 Å². The lowest BCUT2D eigenvalue weighted by atomic mass is 10.0. The van der Waals surface area contributed by atoms with Crippen LogP contribution in [-0.2, 0) is 9.59 Å². The molecule has 0 spiro atoms. The fourth-order valence-corrected chi connectivity index (χ4v) is 2.59.